The monoisotopic (exact) mass is 651 g/mol. The van der Waals surface area contributed by atoms with Gasteiger partial charge in [-0.25, -0.2) is 9.79 Å². The molecule has 0 amide bonds. The van der Waals surface area contributed by atoms with Crippen LogP contribution >= 0.6 is 23.1 Å². The molecule has 1 aliphatic rings. The van der Waals surface area contributed by atoms with Crippen LogP contribution in [0.25, 0.3) is 6.08 Å². The number of hydrogen-bond acceptors (Lipinski definition) is 11. The molecule has 0 unspecified atom stereocenters. The van der Waals surface area contributed by atoms with Crippen molar-refractivity contribution in [3.8, 4) is 5.75 Å². The van der Waals surface area contributed by atoms with E-state index in [0.29, 0.717) is 26.2 Å². The predicted octanol–water partition coefficient (Wildman–Crippen LogP) is 4.20. The Kier molecular flexibility index (Phi) is 8.85. The minimum absolute atomic E-state index is 0.0188. The van der Waals surface area contributed by atoms with E-state index < -0.39 is 27.1 Å². The van der Waals surface area contributed by atoms with Crippen molar-refractivity contribution < 1.29 is 27.1 Å². The summed E-state index contributed by atoms with van der Waals surface area (Å²) >= 11 is 2.75. The molecule has 0 fully saturated rings. The topological polar surface area (TPSA) is 147 Å². The lowest BCUT2D eigenvalue weighted by Crippen LogP contribution is -2.39. The molecule has 1 aromatic heterocycles. The number of fused-ring (bicyclic) bond motifs is 1. The van der Waals surface area contributed by atoms with Gasteiger partial charge in [-0.1, -0.05) is 35.6 Å². The van der Waals surface area contributed by atoms with Crippen LogP contribution in [-0.4, -0.2) is 36.7 Å². The molecule has 2 heterocycles. The Balaban J connectivity index is 1.49. The number of aromatic nitrogens is 1. The Morgan fingerprint density at radius 3 is 2.34 bits per heavy atom. The highest BCUT2D eigenvalue weighted by Crippen LogP contribution is 2.31. The molecular formula is C30H25N3O8S3. The van der Waals surface area contributed by atoms with Crippen LogP contribution in [0.15, 0.2) is 104 Å². The molecule has 44 heavy (non-hydrogen) atoms. The van der Waals surface area contributed by atoms with Gasteiger partial charge in [0.15, 0.2) is 4.80 Å². The third-order valence-corrected chi connectivity index (χ3v) is 9.66. The van der Waals surface area contributed by atoms with Crippen LogP contribution in [0.3, 0.4) is 0 Å². The fourth-order valence-corrected chi connectivity index (χ4v) is 6.96. The van der Waals surface area contributed by atoms with Crippen LogP contribution in [0.1, 0.15) is 31.0 Å². The predicted molar refractivity (Wildman–Crippen MR) is 166 cm³/mol. The molecule has 5 rings (SSSR count). The third-order valence-electron chi connectivity index (χ3n) is 6.67. The minimum atomic E-state index is -4.24. The summed E-state index contributed by atoms with van der Waals surface area (Å²) in [5.74, 6) is -0.522. The van der Waals surface area contributed by atoms with Crippen molar-refractivity contribution in [2.75, 3.05) is 12.9 Å². The molecule has 3 aromatic carbocycles. The number of carbonyl (C=O) groups is 1. The number of allylic oxidation sites excluding steroid dienone is 1. The Labute approximate surface area is 260 Å². The zero-order chi connectivity index (χ0) is 31.6. The maximum absolute atomic E-state index is 13.8. The first-order valence-electron chi connectivity index (χ1n) is 13.1. The lowest BCUT2D eigenvalue weighted by molar-refractivity contribution is -0.384. The van der Waals surface area contributed by atoms with Crippen LogP contribution in [0.5, 0.6) is 5.75 Å². The van der Waals surface area contributed by atoms with E-state index >= 15 is 0 Å². The first kappa shape index (κ1) is 30.9. The van der Waals surface area contributed by atoms with Gasteiger partial charge in [0.05, 0.1) is 33.4 Å². The maximum Gasteiger partial charge on any atom is 0.339 e. The number of esters is 1. The molecular weight excluding hydrogens is 627 g/mol. The van der Waals surface area contributed by atoms with Gasteiger partial charge in [0.25, 0.3) is 11.2 Å². The highest BCUT2D eigenvalue weighted by Gasteiger charge is 2.33. The first-order chi connectivity index (χ1) is 21.0. The zero-order valence-electron chi connectivity index (χ0n) is 23.6. The Morgan fingerprint density at radius 2 is 1.75 bits per heavy atom. The molecule has 226 valence electrons. The molecule has 11 nitrogen and oxygen atoms in total. The number of nitrogens with zero attached hydrogens (tertiary/aromatic N) is 3. The smallest absolute Gasteiger partial charge is 0.339 e. The number of non-ortho nitro benzene ring substituents is 1. The van der Waals surface area contributed by atoms with Crippen molar-refractivity contribution in [3.05, 3.63) is 125 Å². The van der Waals surface area contributed by atoms with E-state index in [0.717, 1.165) is 34.7 Å². The molecule has 0 bridgehead atoms. The Bertz CT molecular complexity index is 2070. The third kappa shape index (κ3) is 6.23. The molecule has 0 aliphatic carbocycles. The highest BCUT2D eigenvalue weighted by molar-refractivity contribution is 7.98. The van der Waals surface area contributed by atoms with Crippen molar-refractivity contribution in [2.24, 2.45) is 4.99 Å². The number of ether oxygens (including phenoxy) is 1. The van der Waals surface area contributed by atoms with E-state index in [2.05, 4.69) is 4.99 Å². The number of carbonyl (C=O) groups excluding carboxylic acids is 1. The Hall–Kier alpha value is -4.53. The molecule has 0 spiro atoms. The molecule has 0 saturated carbocycles. The fourth-order valence-electron chi connectivity index (χ4n) is 4.57. The van der Waals surface area contributed by atoms with Crippen molar-refractivity contribution in [1.82, 2.24) is 4.57 Å². The van der Waals surface area contributed by atoms with Crippen molar-refractivity contribution in [2.45, 2.75) is 29.7 Å². The molecule has 1 aliphatic heterocycles. The average molecular weight is 652 g/mol. The second-order valence-corrected chi connectivity index (χ2v) is 12.9. The fraction of sp³-hybridized carbons (Fsp3) is 0.167. The van der Waals surface area contributed by atoms with Crippen LogP contribution < -0.4 is 19.1 Å². The van der Waals surface area contributed by atoms with Gasteiger partial charge < -0.3 is 8.92 Å². The van der Waals surface area contributed by atoms with Crippen LogP contribution in [0.2, 0.25) is 0 Å². The number of benzene rings is 3. The highest BCUT2D eigenvalue weighted by atomic mass is 32.2. The van der Waals surface area contributed by atoms with Gasteiger partial charge in [-0.05, 0) is 73.7 Å². The average Bonchev–Trinajstić information content (AvgIpc) is 3.31. The Morgan fingerprint density at radius 1 is 1.09 bits per heavy atom. The molecule has 0 radical (unpaired) electrons. The van der Waals surface area contributed by atoms with E-state index in [-0.39, 0.29) is 28.5 Å². The van der Waals surface area contributed by atoms with E-state index in [1.807, 2.05) is 30.5 Å². The minimum Gasteiger partial charge on any atom is -0.463 e. The summed E-state index contributed by atoms with van der Waals surface area (Å²) < 4.78 is 37.7. The second-order valence-electron chi connectivity index (χ2n) is 9.43. The largest absolute Gasteiger partial charge is 0.463 e. The number of thioether (sulfide) groups is 1. The van der Waals surface area contributed by atoms with Gasteiger partial charge in [-0.15, -0.1) is 11.8 Å². The summed E-state index contributed by atoms with van der Waals surface area (Å²) in [6, 6.07) is 17.3. The van der Waals surface area contributed by atoms with E-state index in [1.165, 1.54) is 28.0 Å². The van der Waals surface area contributed by atoms with Crippen LogP contribution in [0.4, 0.5) is 5.69 Å². The lowest BCUT2D eigenvalue weighted by atomic mass is 9.96. The molecule has 4 aromatic rings. The van der Waals surface area contributed by atoms with Crippen LogP contribution in [-0.2, 0) is 19.6 Å². The number of rotatable bonds is 9. The molecule has 0 saturated heterocycles. The van der Waals surface area contributed by atoms with E-state index in [4.69, 9.17) is 8.92 Å². The SMILES string of the molecule is CCOC(=O)C1=C(C)N=c2s/c(=C\c3ccc(OS(=O)(=O)c4ccc([N+](=O)[O-])cc4)cc3)c(=O)n2[C@@H]1c1ccc(SC)cc1. The molecule has 0 N–H and O–H groups in total. The quantitative estimate of drug-likeness (QED) is 0.0854. The zero-order valence-corrected chi connectivity index (χ0v) is 26.1. The standard InChI is InChI=1S/C30H25N3O8S3/c1-4-40-29(35)26-18(2)31-30-32(27(26)20-7-13-23(42-3)14-8-20)28(34)25(43-30)17-19-5-11-22(12-6-19)41-44(38,39)24-15-9-21(10-16-24)33(36)37/h5-17,27H,4H2,1-3H3/b25-17-/t27-/m1/s1. The van der Waals surface area contributed by atoms with Crippen molar-refractivity contribution >= 4 is 50.9 Å². The second kappa shape index (κ2) is 12.6. The summed E-state index contributed by atoms with van der Waals surface area (Å²) in [7, 11) is -4.24. The number of hydrogen-bond donors (Lipinski definition) is 0. The summed E-state index contributed by atoms with van der Waals surface area (Å²) in [5.41, 5.74) is 1.50. The summed E-state index contributed by atoms with van der Waals surface area (Å²) in [6.45, 7) is 3.61. The lowest BCUT2D eigenvalue weighted by Gasteiger charge is -2.24. The van der Waals surface area contributed by atoms with Gasteiger partial charge >= 0.3 is 16.1 Å². The van der Waals surface area contributed by atoms with E-state index in [1.54, 1.807) is 43.8 Å². The van der Waals surface area contributed by atoms with Gasteiger partial charge in [0.2, 0.25) is 0 Å². The molecule has 14 heteroatoms. The first-order valence-corrected chi connectivity index (χ1v) is 16.6. The number of nitro groups is 1. The number of nitro benzene ring substituents is 1. The van der Waals surface area contributed by atoms with Gasteiger partial charge in [-0.2, -0.15) is 8.42 Å². The summed E-state index contributed by atoms with van der Waals surface area (Å²) in [5, 5.41) is 10.9. The van der Waals surface area contributed by atoms with Gasteiger partial charge in [0.1, 0.15) is 10.6 Å². The van der Waals surface area contributed by atoms with Crippen molar-refractivity contribution in [3.63, 3.8) is 0 Å². The summed E-state index contributed by atoms with van der Waals surface area (Å²) in [6.07, 6.45) is 3.61. The molecule has 1 atom stereocenters. The summed E-state index contributed by atoms with van der Waals surface area (Å²) in [4.78, 5) is 42.9. The normalized spacial score (nSPS) is 15.0. The van der Waals surface area contributed by atoms with Gasteiger partial charge in [-0.3, -0.25) is 19.5 Å². The maximum atomic E-state index is 13.8. The van der Waals surface area contributed by atoms with Crippen molar-refractivity contribution in [1.29, 1.82) is 0 Å². The van der Waals surface area contributed by atoms with E-state index in [9.17, 15) is 28.1 Å². The van der Waals surface area contributed by atoms with Gasteiger partial charge in [0, 0.05) is 17.0 Å². The van der Waals surface area contributed by atoms with Crippen LogP contribution in [0, 0.1) is 10.1 Å². The number of thiazole rings is 1.